The van der Waals surface area contributed by atoms with Crippen molar-refractivity contribution in [3.05, 3.63) is 59.7 Å². The van der Waals surface area contributed by atoms with E-state index in [1.807, 2.05) is 36.4 Å². The lowest BCUT2D eigenvalue weighted by Gasteiger charge is -2.14. The van der Waals surface area contributed by atoms with E-state index in [-0.39, 0.29) is 18.0 Å². The van der Waals surface area contributed by atoms with Gasteiger partial charge in [0, 0.05) is 6.54 Å². The van der Waals surface area contributed by atoms with Gasteiger partial charge < -0.3 is 4.74 Å². The van der Waals surface area contributed by atoms with Crippen molar-refractivity contribution in [3.8, 4) is 5.75 Å². The maximum absolute atomic E-state index is 12.3. The summed E-state index contributed by atoms with van der Waals surface area (Å²) < 4.78 is 33.0. The van der Waals surface area contributed by atoms with Gasteiger partial charge in [-0.3, -0.25) is 0 Å². The lowest BCUT2D eigenvalue weighted by molar-refractivity contribution is 0.318. The third-order valence-electron chi connectivity index (χ3n) is 4.05. The van der Waals surface area contributed by atoms with Crippen molar-refractivity contribution in [1.29, 1.82) is 0 Å². The maximum atomic E-state index is 12.3. The first-order chi connectivity index (χ1) is 11.8. The Morgan fingerprint density at radius 1 is 0.920 bits per heavy atom. The van der Waals surface area contributed by atoms with Gasteiger partial charge in [0.2, 0.25) is 10.0 Å². The Balaban J connectivity index is 1.92. The fourth-order valence-electron chi connectivity index (χ4n) is 2.54. The van der Waals surface area contributed by atoms with E-state index in [9.17, 15) is 8.42 Å². The summed E-state index contributed by atoms with van der Waals surface area (Å²) in [7, 11) is -3.51. The summed E-state index contributed by atoms with van der Waals surface area (Å²) in [6.45, 7) is 8.87. The number of nitrogens with one attached hydrogen (secondary N) is 1. The first kappa shape index (κ1) is 19.5. The number of sulfonamides is 1. The predicted molar refractivity (Wildman–Crippen MR) is 102 cm³/mol. The van der Waals surface area contributed by atoms with Crippen molar-refractivity contribution in [1.82, 2.24) is 4.72 Å². The summed E-state index contributed by atoms with van der Waals surface area (Å²) >= 11 is 0. The van der Waals surface area contributed by atoms with Crippen LogP contribution in [0.25, 0.3) is 0 Å². The van der Waals surface area contributed by atoms with Gasteiger partial charge >= 0.3 is 0 Å². The fraction of sp³-hybridized carbons (Fsp3) is 0.400. The summed E-state index contributed by atoms with van der Waals surface area (Å²) in [6.07, 6.45) is 0. The van der Waals surface area contributed by atoms with Gasteiger partial charge in [-0.05, 0) is 41.2 Å². The molecular weight excluding hydrogens is 334 g/mol. The second-order valence-corrected chi connectivity index (χ2v) is 8.43. The molecule has 0 aliphatic carbocycles. The Morgan fingerprint density at radius 2 is 1.56 bits per heavy atom. The largest absolute Gasteiger partial charge is 0.492 e. The first-order valence-corrected chi connectivity index (χ1v) is 10.1. The number of hydrogen-bond donors (Lipinski definition) is 1. The smallest absolute Gasteiger partial charge is 0.240 e. The molecular formula is C20H27NO3S. The first-order valence-electron chi connectivity index (χ1n) is 8.62. The van der Waals surface area contributed by atoms with E-state index >= 15 is 0 Å². The van der Waals surface area contributed by atoms with E-state index in [1.165, 1.54) is 0 Å². The van der Waals surface area contributed by atoms with Crippen LogP contribution in [0.5, 0.6) is 5.75 Å². The van der Waals surface area contributed by atoms with E-state index in [4.69, 9.17) is 4.74 Å². The van der Waals surface area contributed by atoms with Crippen molar-refractivity contribution in [2.24, 2.45) is 0 Å². The van der Waals surface area contributed by atoms with Crippen molar-refractivity contribution in [2.75, 3.05) is 13.2 Å². The molecule has 0 heterocycles. The minimum atomic E-state index is -3.51. The quantitative estimate of drug-likeness (QED) is 0.714. The molecule has 0 amide bonds. The van der Waals surface area contributed by atoms with Crippen LogP contribution in [0.15, 0.2) is 53.4 Å². The Kier molecular flexibility index (Phi) is 6.62. The Labute approximate surface area is 151 Å². The molecule has 5 heteroatoms. The van der Waals surface area contributed by atoms with Crippen LogP contribution in [0.4, 0.5) is 0 Å². The number of hydrogen-bond acceptors (Lipinski definition) is 3. The Bertz CT molecular complexity index is 781. The zero-order valence-electron chi connectivity index (χ0n) is 15.3. The van der Waals surface area contributed by atoms with E-state index < -0.39 is 10.0 Å². The van der Waals surface area contributed by atoms with Crippen LogP contribution >= 0.6 is 0 Å². The van der Waals surface area contributed by atoms with Gasteiger partial charge in [-0.1, -0.05) is 58.0 Å². The molecule has 2 rings (SSSR count). The fourth-order valence-corrected chi connectivity index (χ4v) is 3.55. The van der Waals surface area contributed by atoms with Crippen LogP contribution in [0.3, 0.4) is 0 Å². The number of benzene rings is 2. The van der Waals surface area contributed by atoms with Gasteiger partial charge in [0.15, 0.2) is 0 Å². The van der Waals surface area contributed by atoms with Gasteiger partial charge in [-0.25, -0.2) is 13.1 Å². The van der Waals surface area contributed by atoms with Gasteiger partial charge in [0.1, 0.15) is 12.4 Å². The third-order valence-corrected chi connectivity index (χ3v) is 5.53. The van der Waals surface area contributed by atoms with Crippen molar-refractivity contribution in [3.63, 3.8) is 0 Å². The molecule has 2 aromatic carbocycles. The molecule has 0 fully saturated rings. The molecule has 0 radical (unpaired) electrons. The SMILES string of the molecule is CC(C)c1ccc(S(=O)(=O)NCCOc2ccccc2C(C)C)cc1. The third kappa shape index (κ3) is 5.31. The number of rotatable bonds is 8. The highest BCUT2D eigenvalue weighted by Gasteiger charge is 2.14. The summed E-state index contributed by atoms with van der Waals surface area (Å²) in [4.78, 5) is 0.277. The molecule has 0 aliphatic heterocycles. The van der Waals surface area contributed by atoms with Gasteiger partial charge in [-0.15, -0.1) is 0 Å². The molecule has 0 atom stereocenters. The van der Waals surface area contributed by atoms with Crippen LogP contribution in [-0.2, 0) is 10.0 Å². The van der Waals surface area contributed by atoms with Crippen LogP contribution < -0.4 is 9.46 Å². The van der Waals surface area contributed by atoms with E-state index in [0.717, 1.165) is 16.9 Å². The second kappa shape index (κ2) is 8.50. The molecule has 0 spiro atoms. The van der Waals surface area contributed by atoms with Crippen LogP contribution in [0, 0.1) is 0 Å². The Morgan fingerprint density at radius 3 is 2.16 bits per heavy atom. The van der Waals surface area contributed by atoms with Crippen molar-refractivity contribution in [2.45, 2.75) is 44.4 Å². The topological polar surface area (TPSA) is 55.4 Å². The van der Waals surface area contributed by atoms with Crippen LogP contribution in [-0.4, -0.2) is 21.6 Å². The molecule has 0 aliphatic rings. The van der Waals surface area contributed by atoms with Crippen LogP contribution in [0.1, 0.15) is 50.7 Å². The summed E-state index contributed by atoms with van der Waals surface area (Å²) in [5.41, 5.74) is 2.24. The molecule has 2 aromatic rings. The average Bonchev–Trinajstić information content (AvgIpc) is 2.59. The monoisotopic (exact) mass is 361 g/mol. The minimum absolute atomic E-state index is 0.223. The van der Waals surface area contributed by atoms with E-state index in [1.54, 1.807) is 12.1 Å². The number of ether oxygens (including phenoxy) is 1. The zero-order chi connectivity index (χ0) is 18.4. The van der Waals surface area contributed by atoms with Gasteiger partial charge in [-0.2, -0.15) is 0 Å². The lowest BCUT2D eigenvalue weighted by Crippen LogP contribution is -2.28. The summed E-state index contributed by atoms with van der Waals surface area (Å²) in [5.74, 6) is 1.53. The zero-order valence-corrected chi connectivity index (χ0v) is 16.1. The molecule has 25 heavy (non-hydrogen) atoms. The van der Waals surface area contributed by atoms with Crippen molar-refractivity contribution >= 4 is 10.0 Å². The summed E-state index contributed by atoms with van der Waals surface area (Å²) in [6, 6.07) is 14.8. The van der Waals surface area contributed by atoms with Crippen molar-refractivity contribution < 1.29 is 13.2 Å². The Hall–Kier alpha value is -1.85. The summed E-state index contributed by atoms with van der Waals surface area (Å²) in [5, 5.41) is 0. The highest BCUT2D eigenvalue weighted by molar-refractivity contribution is 7.89. The van der Waals surface area contributed by atoms with Gasteiger partial charge in [0.25, 0.3) is 0 Å². The molecule has 4 nitrogen and oxygen atoms in total. The molecule has 0 saturated carbocycles. The second-order valence-electron chi connectivity index (χ2n) is 6.66. The van der Waals surface area contributed by atoms with Gasteiger partial charge in [0.05, 0.1) is 4.90 Å². The van der Waals surface area contributed by atoms with E-state index in [0.29, 0.717) is 11.8 Å². The highest BCUT2D eigenvalue weighted by Crippen LogP contribution is 2.25. The number of para-hydroxylation sites is 1. The molecule has 0 aromatic heterocycles. The predicted octanol–water partition coefficient (Wildman–Crippen LogP) is 4.29. The normalized spacial score (nSPS) is 11.9. The van der Waals surface area contributed by atoms with Crippen LogP contribution in [0.2, 0.25) is 0 Å². The maximum Gasteiger partial charge on any atom is 0.240 e. The molecule has 0 bridgehead atoms. The molecule has 1 N–H and O–H groups in total. The molecule has 0 saturated heterocycles. The molecule has 136 valence electrons. The standard InChI is InChI=1S/C20H27NO3S/c1-15(2)17-9-11-18(12-10-17)25(22,23)21-13-14-24-20-8-6-5-7-19(20)16(3)4/h5-12,15-16,21H,13-14H2,1-4H3. The minimum Gasteiger partial charge on any atom is -0.492 e. The highest BCUT2D eigenvalue weighted by atomic mass is 32.2. The average molecular weight is 362 g/mol. The molecule has 0 unspecified atom stereocenters. The van der Waals surface area contributed by atoms with E-state index in [2.05, 4.69) is 32.4 Å². The lowest BCUT2D eigenvalue weighted by atomic mass is 10.0.